The van der Waals surface area contributed by atoms with Crippen LogP contribution in [0.2, 0.25) is 0 Å². The van der Waals surface area contributed by atoms with Gasteiger partial charge in [0.05, 0.1) is 17.5 Å². The van der Waals surface area contributed by atoms with Crippen molar-refractivity contribution in [3.8, 4) is 11.4 Å². The van der Waals surface area contributed by atoms with Crippen molar-refractivity contribution in [2.45, 2.75) is 4.90 Å². The molecular formula is C24H18BrN3O4S. The molecule has 0 bridgehead atoms. The van der Waals surface area contributed by atoms with Gasteiger partial charge in [-0.25, -0.2) is 5.43 Å². The fraction of sp³-hybridized carbons (Fsp3) is 0. The molecule has 7 nitrogen and oxygen atoms in total. The van der Waals surface area contributed by atoms with Crippen molar-refractivity contribution in [2.24, 2.45) is 5.10 Å². The van der Waals surface area contributed by atoms with Gasteiger partial charge in [0.15, 0.2) is 5.75 Å². The highest BCUT2D eigenvalue weighted by molar-refractivity contribution is 9.10. The van der Waals surface area contributed by atoms with Crippen LogP contribution >= 0.6 is 15.9 Å². The predicted octanol–water partition coefficient (Wildman–Crippen LogP) is 4.77. The highest BCUT2D eigenvalue weighted by Crippen LogP contribution is 2.25. The minimum atomic E-state index is -4.03. The molecule has 1 heterocycles. The van der Waals surface area contributed by atoms with E-state index >= 15 is 0 Å². The maximum atomic E-state index is 12.7. The standard InChI is InChI=1S/C24H18BrN3O4S/c25-19-12-13-23(32-33(30,31)20-8-2-1-3-9-20)18(16-19)17-26-27-24(29)21-10-4-5-11-22(21)28-14-6-7-15-28/h1-17H,(H,27,29)/b26-17-. The first-order valence-corrected chi connectivity index (χ1v) is 12.0. The Morgan fingerprint density at radius 1 is 0.939 bits per heavy atom. The van der Waals surface area contributed by atoms with Gasteiger partial charge in [0.1, 0.15) is 4.90 Å². The number of hydrogen-bond acceptors (Lipinski definition) is 5. The summed E-state index contributed by atoms with van der Waals surface area (Å²) < 4.78 is 33.1. The second kappa shape index (κ2) is 9.85. The molecule has 0 aliphatic rings. The number of nitrogens with zero attached hydrogens (tertiary/aromatic N) is 2. The lowest BCUT2D eigenvalue weighted by Gasteiger charge is -2.10. The van der Waals surface area contributed by atoms with E-state index in [9.17, 15) is 13.2 Å². The molecule has 0 atom stereocenters. The van der Waals surface area contributed by atoms with Crippen LogP contribution in [-0.2, 0) is 10.1 Å². The van der Waals surface area contributed by atoms with Crippen LogP contribution in [0, 0.1) is 0 Å². The third-order valence-corrected chi connectivity index (χ3v) is 6.35. The Balaban J connectivity index is 1.55. The summed E-state index contributed by atoms with van der Waals surface area (Å²) in [7, 11) is -4.03. The normalized spacial score (nSPS) is 11.4. The zero-order valence-electron chi connectivity index (χ0n) is 17.1. The minimum absolute atomic E-state index is 0.0331. The molecule has 0 aliphatic heterocycles. The summed E-state index contributed by atoms with van der Waals surface area (Å²) in [5, 5.41) is 4.02. The lowest BCUT2D eigenvalue weighted by atomic mass is 10.1. The van der Waals surface area contributed by atoms with E-state index in [1.807, 2.05) is 41.2 Å². The number of nitrogens with one attached hydrogen (secondary N) is 1. The molecule has 0 aliphatic carbocycles. The summed E-state index contributed by atoms with van der Waals surface area (Å²) in [6, 6.07) is 23.5. The van der Waals surface area contributed by atoms with Gasteiger partial charge in [-0.1, -0.05) is 46.3 Å². The largest absolute Gasteiger partial charge is 0.378 e. The number of amides is 1. The number of hydrazone groups is 1. The predicted molar refractivity (Wildman–Crippen MR) is 129 cm³/mol. The van der Waals surface area contributed by atoms with Crippen LogP contribution in [0.25, 0.3) is 5.69 Å². The Morgan fingerprint density at radius 2 is 1.64 bits per heavy atom. The highest BCUT2D eigenvalue weighted by atomic mass is 79.9. The Morgan fingerprint density at radius 3 is 2.39 bits per heavy atom. The smallest absolute Gasteiger partial charge is 0.339 e. The van der Waals surface area contributed by atoms with Gasteiger partial charge in [-0.15, -0.1) is 0 Å². The van der Waals surface area contributed by atoms with Crippen LogP contribution in [0.15, 0.2) is 112 Å². The summed E-state index contributed by atoms with van der Waals surface area (Å²) in [5.41, 5.74) is 3.99. The summed E-state index contributed by atoms with van der Waals surface area (Å²) in [5.74, 6) is -0.335. The van der Waals surface area contributed by atoms with Crippen LogP contribution in [-0.4, -0.2) is 25.1 Å². The van der Waals surface area contributed by atoms with Crippen molar-refractivity contribution >= 4 is 38.2 Å². The van der Waals surface area contributed by atoms with E-state index in [2.05, 4.69) is 26.5 Å². The molecule has 0 fully saturated rings. The van der Waals surface area contributed by atoms with Crippen molar-refractivity contribution in [1.82, 2.24) is 9.99 Å². The van der Waals surface area contributed by atoms with Crippen LogP contribution in [0.1, 0.15) is 15.9 Å². The number of carbonyl (C=O) groups is 1. The Bertz CT molecular complexity index is 1400. The molecule has 0 saturated carbocycles. The average molecular weight is 524 g/mol. The molecular weight excluding hydrogens is 506 g/mol. The third kappa shape index (κ3) is 5.39. The first-order chi connectivity index (χ1) is 15.9. The number of hydrogen-bond donors (Lipinski definition) is 1. The molecule has 4 aromatic rings. The van der Waals surface area contributed by atoms with Gasteiger partial charge in [-0.3, -0.25) is 4.79 Å². The van der Waals surface area contributed by atoms with E-state index in [4.69, 9.17) is 4.18 Å². The number of halogens is 1. The molecule has 0 radical (unpaired) electrons. The highest BCUT2D eigenvalue weighted by Gasteiger charge is 2.18. The fourth-order valence-electron chi connectivity index (χ4n) is 3.06. The van der Waals surface area contributed by atoms with Crippen LogP contribution in [0.4, 0.5) is 0 Å². The van der Waals surface area contributed by atoms with E-state index in [1.165, 1.54) is 24.4 Å². The van der Waals surface area contributed by atoms with Gasteiger partial charge in [-0.05, 0) is 54.6 Å². The molecule has 33 heavy (non-hydrogen) atoms. The maximum Gasteiger partial charge on any atom is 0.339 e. The quantitative estimate of drug-likeness (QED) is 0.214. The molecule has 1 amide bonds. The molecule has 9 heteroatoms. The lowest BCUT2D eigenvalue weighted by Crippen LogP contribution is -2.19. The zero-order valence-corrected chi connectivity index (χ0v) is 19.5. The SMILES string of the molecule is O=C(N/N=C\c1cc(Br)ccc1OS(=O)(=O)c1ccccc1)c1ccccc1-n1cccc1. The molecule has 0 saturated heterocycles. The van der Waals surface area contributed by atoms with Gasteiger partial charge in [-0.2, -0.15) is 13.5 Å². The van der Waals surface area contributed by atoms with Crippen LogP contribution < -0.4 is 9.61 Å². The Kier molecular flexibility index (Phi) is 6.71. The third-order valence-electron chi connectivity index (χ3n) is 4.60. The first kappa shape index (κ1) is 22.5. The summed E-state index contributed by atoms with van der Waals surface area (Å²) >= 11 is 3.35. The van der Waals surface area contributed by atoms with Gasteiger partial charge in [0, 0.05) is 22.4 Å². The molecule has 166 valence electrons. The average Bonchev–Trinajstić information content (AvgIpc) is 3.36. The number of rotatable bonds is 7. The van der Waals surface area contributed by atoms with E-state index in [1.54, 1.807) is 42.5 Å². The van der Waals surface area contributed by atoms with Crippen LogP contribution in [0.5, 0.6) is 5.75 Å². The molecule has 1 N–H and O–H groups in total. The molecule has 0 spiro atoms. The van der Waals surface area contributed by atoms with E-state index in [-0.39, 0.29) is 10.6 Å². The first-order valence-electron chi connectivity index (χ1n) is 9.79. The van der Waals surface area contributed by atoms with Crippen molar-refractivity contribution in [2.75, 3.05) is 0 Å². The van der Waals surface area contributed by atoms with Gasteiger partial charge in [0.2, 0.25) is 0 Å². The van der Waals surface area contributed by atoms with E-state index < -0.39 is 16.0 Å². The zero-order chi connectivity index (χ0) is 23.3. The number of benzene rings is 3. The van der Waals surface area contributed by atoms with Gasteiger partial charge in [0.25, 0.3) is 5.91 Å². The van der Waals surface area contributed by atoms with E-state index in [0.717, 1.165) is 0 Å². The fourth-order valence-corrected chi connectivity index (χ4v) is 4.41. The number of aromatic nitrogens is 1. The summed E-state index contributed by atoms with van der Waals surface area (Å²) in [4.78, 5) is 12.8. The van der Waals surface area contributed by atoms with Gasteiger partial charge < -0.3 is 8.75 Å². The van der Waals surface area contributed by atoms with Crippen molar-refractivity contribution in [1.29, 1.82) is 0 Å². The van der Waals surface area contributed by atoms with Gasteiger partial charge >= 0.3 is 10.1 Å². The molecule has 1 aromatic heterocycles. The summed E-state index contributed by atoms with van der Waals surface area (Å²) in [6.07, 6.45) is 5.01. The Hall–Kier alpha value is -3.69. The summed E-state index contributed by atoms with van der Waals surface area (Å²) in [6.45, 7) is 0. The lowest BCUT2D eigenvalue weighted by molar-refractivity contribution is 0.0955. The van der Waals surface area contributed by atoms with Crippen LogP contribution in [0.3, 0.4) is 0 Å². The number of para-hydroxylation sites is 1. The topological polar surface area (TPSA) is 89.8 Å². The maximum absolute atomic E-state index is 12.7. The van der Waals surface area contributed by atoms with Crippen molar-refractivity contribution in [3.63, 3.8) is 0 Å². The Labute approximate surface area is 199 Å². The monoisotopic (exact) mass is 523 g/mol. The molecule has 4 rings (SSSR count). The van der Waals surface area contributed by atoms with Crippen molar-refractivity contribution in [3.05, 3.63) is 113 Å². The number of carbonyl (C=O) groups excluding carboxylic acids is 1. The van der Waals surface area contributed by atoms with Crippen molar-refractivity contribution < 1.29 is 17.4 Å². The molecule has 3 aromatic carbocycles. The second-order valence-electron chi connectivity index (χ2n) is 6.84. The second-order valence-corrected chi connectivity index (χ2v) is 9.30. The van der Waals surface area contributed by atoms with E-state index in [0.29, 0.717) is 21.3 Å². The minimum Gasteiger partial charge on any atom is -0.378 e. The molecule has 0 unspecified atom stereocenters.